The minimum absolute atomic E-state index is 0.0875. The smallest absolute Gasteiger partial charge is 0.319 e. The van der Waals surface area contributed by atoms with Crippen LogP contribution in [0, 0.1) is 5.92 Å². The Morgan fingerprint density at radius 1 is 0.939 bits per heavy atom. The van der Waals surface area contributed by atoms with Crippen molar-refractivity contribution in [3.05, 3.63) is 54.1 Å². The van der Waals surface area contributed by atoms with Crippen molar-refractivity contribution in [2.45, 2.75) is 64.6 Å². The van der Waals surface area contributed by atoms with Crippen molar-refractivity contribution in [1.82, 2.24) is 10.6 Å². The number of amides is 3. The van der Waals surface area contributed by atoms with E-state index in [1.807, 2.05) is 57.2 Å². The van der Waals surface area contributed by atoms with Gasteiger partial charge in [0.1, 0.15) is 6.04 Å². The van der Waals surface area contributed by atoms with E-state index in [0.29, 0.717) is 11.4 Å². The Morgan fingerprint density at radius 2 is 1.64 bits per heavy atom. The van der Waals surface area contributed by atoms with Gasteiger partial charge in [-0.05, 0) is 68.4 Å². The van der Waals surface area contributed by atoms with Crippen LogP contribution in [0.1, 0.15) is 58.1 Å². The van der Waals surface area contributed by atoms with Gasteiger partial charge in [0.15, 0.2) is 11.5 Å². The molecule has 0 heterocycles. The number of para-hydroxylation sites is 1. The number of hydrogen-bond donors (Lipinski definition) is 3. The lowest BCUT2D eigenvalue weighted by Crippen LogP contribution is -2.51. The summed E-state index contributed by atoms with van der Waals surface area (Å²) >= 11 is 0. The van der Waals surface area contributed by atoms with Gasteiger partial charge in [-0.15, -0.1) is 0 Å². The number of benzene rings is 2. The van der Waals surface area contributed by atoms with Crippen molar-refractivity contribution in [3.63, 3.8) is 0 Å². The molecule has 3 amide bonds. The molecule has 0 bridgehead atoms. The molecule has 33 heavy (non-hydrogen) atoms. The minimum atomic E-state index is -0.678. The zero-order chi connectivity index (χ0) is 23.8. The number of carbonyl (C=O) groups excluding carboxylic acids is 2. The first-order valence-electron chi connectivity index (χ1n) is 11.6. The van der Waals surface area contributed by atoms with Crippen LogP contribution in [0.2, 0.25) is 0 Å². The second-order valence-corrected chi connectivity index (χ2v) is 8.85. The first-order chi connectivity index (χ1) is 15.9. The van der Waals surface area contributed by atoms with Crippen LogP contribution in [-0.2, 0) is 4.79 Å². The summed E-state index contributed by atoms with van der Waals surface area (Å²) in [5, 5.41) is 8.56. The number of rotatable bonds is 9. The molecule has 0 saturated heterocycles. The summed E-state index contributed by atoms with van der Waals surface area (Å²) in [6, 6.07) is 13.5. The van der Waals surface area contributed by atoms with Crippen molar-refractivity contribution in [1.29, 1.82) is 0 Å². The third-order valence-electron chi connectivity index (χ3n) is 5.91. The van der Waals surface area contributed by atoms with Gasteiger partial charge in [-0.2, -0.15) is 0 Å². The maximum Gasteiger partial charge on any atom is 0.319 e. The summed E-state index contributed by atoms with van der Waals surface area (Å²) in [6.45, 7) is 5.71. The Balaban J connectivity index is 1.62. The molecule has 2 unspecified atom stereocenters. The van der Waals surface area contributed by atoms with Gasteiger partial charge >= 0.3 is 6.03 Å². The highest BCUT2D eigenvalue weighted by molar-refractivity contribution is 5.93. The molecule has 3 rings (SSSR count). The van der Waals surface area contributed by atoms with Crippen LogP contribution in [0.4, 0.5) is 10.5 Å². The van der Waals surface area contributed by atoms with Crippen LogP contribution in [-0.4, -0.2) is 31.2 Å². The molecule has 7 heteroatoms. The summed E-state index contributed by atoms with van der Waals surface area (Å²) in [5.41, 5.74) is 1.56. The molecule has 1 fully saturated rings. The number of ether oxygens (including phenoxy) is 2. The zero-order valence-electron chi connectivity index (χ0n) is 19.9. The van der Waals surface area contributed by atoms with Crippen molar-refractivity contribution in [2.24, 2.45) is 5.92 Å². The van der Waals surface area contributed by atoms with Gasteiger partial charge in [0.05, 0.1) is 19.3 Å². The van der Waals surface area contributed by atoms with E-state index in [2.05, 4.69) is 16.0 Å². The second-order valence-electron chi connectivity index (χ2n) is 8.85. The topological polar surface area (TPSA) is 88.7 Å². The first-order valence-corrected chi connectivity index (χ1v) is 11.6. The molecule has 0 aromatic heterocycles. The minimum Gasteiger partial charge on any atom is -0.493 e. The Bertz CT molecular complexity index is 926. The summed E-state index contributed by atoms with van der Waals surface area (Å²) < 4.78 is 11.7. The lowest BCUT2D eigenvalue weighted by atomic mass is 10.0. The molecule has 1 saturated carbocycles. The lowest BCUT2D eigenvalue weighted by molar-refractivity contribution is -0.124. The Hall–Kier alpha value is -3.22. The fourth-order valence-electron chi connectivity index (χ4n) is 3.99. The van der Waals surface area contributed by atoms with E-state index in [-0.39, 0.29) is 24.0 Å². The average molecular weight is 454 g/mol. The molecule has 7 nitrogen and oxygen atoms in total. The Morgan fingerprint density at radius 3 is 2.27 bits per heavy atom. The van der Waals surface area contributed by atoms with Crippen LogP contribution >= 0.6 is 0 Å². The normalized spacial score (nSPS) is 15.5. The fraction of sp³-hybridized carbons (Fsp3) is 0.462. The van der Waals surface area contributed by atoms with E-state index in [9.17, 15) is 9.59 Å². The Kier molecular flexibility index (Phi) is 8.58. The number of methoxy groups -OCH3 is 1. The van der Waals surface area contributed by atoms with E-state index in [0.717, 1.165) is 24.2 Å². The summed E-state index contributed by atoms with van der Waals surface area (Å²) in [7, 11) is 1.62. The monoisotopic (exact) mass is 453 g/mol. The third-order valence-corrected chi connectivity index (χ3v) is 5.91. The number of carbonyl (C=O) groups is 2. The quantitative estimate of drug-likeness (QED) is 0.496. The largest absolute Gasteiger partial charge is 0.493 e. The third kappa shape index (κ3) is 6.88. The van der Waals surface area contributed by atoms with Crippen molar-refractivity contribution < 1.29 is 19.1 Å². The molecular formula is C26H35N3O4. The average Bonchev–Trinajstić information content (AvgIpc) is 3.31. The highest BCUT2D eigenvalue weighted by atomic mass is 16.5. The molecule has 2 atom stereocenters. The standard InChI is InChI=1S/C26H35N3O4/c1-17(2)24(29-26(31)28-20-10-6-5-7-11-20)25(30)27-18(3)19-14-15-22(23(16-19)32-4)33-21-12-8-9-13-21/h5-7,10-11,14-18,21,24H,8-9,12-13H2,1-4H3,(H,27,30)(H2,28,29,31). The molecule has 3 N–H and O–H groups in total. The van der Waals surface area contributed by atoms with Gasteiger partial charge in [-0.25, -0.2) is 4.79 Å². The zero-order valence-corrected chi connectivity index (χ0v) is 19.9. The van der Waals surface area contributed by atoms with Gasteiger partial charge in [0.25, 0.3) is 0 Å². The number of nitrogens with one attached hydrogen (secondary N) is 3. The molecule has 2 aromatic carbocycles. The molecule has 0 spiro atoms. The van der Waals surface area contributed by atoms with Crippen molar-refractivity contribution >= 4 is 17.6 Å². The lowest BCUT2D eigenvalue weighted by Gasteiger charge is -2.25. The Labute approximate surface area is 196 Å². The highest BCUT2D eigenvalue weighted by Gasteiger charge is 2.26. The number of urea groups is 1. The van der Waals surface area contributed by atoms with Crippen LogP contribution in [0.15, 0.2) is 48.5 Å². The number of hydrogen-bond acceptors (Lipinski definition) is 4. The van der Waals surface area contributed by atoms with E-state index in [4.69, 9.17) is 9.47 Å². The summed E-state index contributed by atoms with van der Waals surface area (Å²) in [4.78, 5) is 25.4. The van der Waals surface area contributed by atoms with Crippen LogP contribution in [0.5, 0.6) is 11.5 Å². The summed E-state index contributed by atoms with van der Waals surface area (Å²) in [5.74, 6) is 1.05. The van der Waals surface area contributed by atoms with Crippen LogP contribution in [0.25, 0.3) is 0 Å². The van der Waals surface area contributed by atoms with Crippen molar-refractivity contribution in [2.75, 3.05) is 12.4 Å². The van der Waals surface area contributed by atoms with Gasteiger partial charge < -0.3 is 25.4 Å². The highest BCUT2D eigenvalue weighted by Crippen LogP contribution is 2.33. The van der Waals surface area contributed by atoms with E-state index < -0.39 is 12.1 Å². The maximum atomic E-state index is 13.0. The SMILES string of the molecule is COc1cc(C(C)NC(=O)C(NC(=O)Nc2ccccc2)C(C)C)ccc1OC1CCCC1. The molecule has 178 valence electrons. The van der Waals surface area contributed by atoms with Crippen molar-refractivity contribution in [3.8, 4) is 11.5 Å². The van der Waals surface area contributed by atoms with E-state index >= 15 is 0 Å². The second kappa shape index (κ2) is 11.6. The molecule has 0 radical (unpaired) electrons. The van der Waals surface area contributed by atoms with Crippen LogP contribution < -0.4 is 25.4 Å². The molecule has 1 aliphatic carbocycles. The number of anilines is 1. The van der Waals surface area contributed by atoms with Gasteiger partial charge in [0.2, 0.25) is 5.91 Å². The molecular weight excluding hydrogens is 418 g/mol. The van der Waals surface area contributed by atoms with Gasteiger partial charge in [-0.1, -0.05) is 38.1 Å². The van der Waals surface area contributed by atoms with Gasteiger partial charge in [-0.3, -0.25) is 4.79 Å². The van der Waals surface area contributed by atoms with Crippen LogP contribution in [0.3, 0.4) is 0 Å². The molecule has 2 aromatic rings. The van der Waals surface area contributed by atoms with E-state index in [1.54, 1.807) is 19.2 Å². The fourth-order valence-corrected chi connectivity index (χ4v) is 3.99. The molecule has 1 aliphatic rings. The predicted octanol–water partition coefficient (Wildman–Crippen LogP) is 5.04. The predicted molar refractivity (Wildman–Crippen MR) is 130 cm³/mol. The van der Waals surface area contributed by atoms with E-state index in [1.165, 1.54) is 12.8 Å². The molecule has 0 aliphatic heterocycles. The summed E-state index contributed by atoms with van der Waals surface area (Å²) in [6.07, 6.45) is 4.77. The maximum absolute atomic E-state index is 13.0. The first kappa shape index (κ1) is 24.4. The van der Waals surface area contributed by atoms with Gasteiger partial charge in [0, 0.05) is 5.69 Å².